The zero-order chi connectivity index (χ0) is 9.10. The second kappa shape index (κ2) is 3.23. The van der Waals surface area contributed by atoms with Gasteiger partial charge in [-0.05, 0) is 24.3 Å². The first-order chi connectivity index (χ1) is 6.38. The van der Waals surface area contributed by atoms with E-state index >= 15 is 0 Å². The third-order valence-electron chi connectivity index (χ3n) is 1.80. The predicted octanol–water partition coefficient (Wildman–Crippen LogP) is 1.74. The molecule has 2 N–H and O–H groups in total. The predicted molar refractivity (Wildman–Crippen MR) is 52.0 cm³/mol. The van der Waals surface area contributed by atoms with E-state index < -0.39 is 0 Å². The van der Waals surface area contributed by atoms with Crippen LogP contribution in [0.1, 0.15) is 0 Å². The van der Waals surface area contributed by atoms with Crippen LogP contribution in [0, 0.1) is 0 Å². The third-order valence-corrected chi connectivity index (χ3v) is 1.80. The van der Waals surface area contributed by atoms with Crippen molar-refractivity contribution in [1.29, 1.82) is 0 Å². The molecule has 66 valence electrons. The molecule has 13 heavy (non-hydrogen) atoms. The Labute approximate surface area is 76.6 Å². The highest BCUT2D eigenvalue weighted by Gasteiger charge is 2.06. The Balaban J connectivity index is 2.30. The average molecular weight is 174 g/mol. The molecule has 0 amide bonds. The number of hydrogen-bond acceptors (Lipinski definition) is 3. The molecule has 2 rings (SSSR count). The average Bonchev–Trinajstić information content (AvgIpc) is 2.20. The number of aromatic hydroxyl groups is 1. The van der Waals surface area contributed by atoms with Gasteiger partial charge < -0.3 is 10.5 Å². The number of phenolic OH excluding ortho intramolecular Hbond substituents is 1. The minimum absolute atomic E-state index is 0.259. The minimum Gasteiger partial charge on any atom is -0.506 e. The molecule has 1 aromatic carbocycles. The number of nitrogens with zero attached hydrogens (tertiary/aromatic N) is 1. The molecule has 0 unspecified atom stereocenters. The first kappa shape index (κ1) is 7.73. The van der Waals surface area contributed by atoms with E-state index in [9.17, 15) is 5.11 Å². The van der Waals surface area contributed by atoms with Gasteiger partial charge in [0, 0.05) is 12.4 Å². The Hall–Kier alpha value is -1.90. The van der Waals surface area contributed by atoms with Crippen molar-refractivity contribution < 1.29 is 5.11 Å². The number of rotatable bonds is 1. The van der Waals surface area contributed by atoms with Gasteiger partial charge in [-0.1, -0.05) is 12.1 Å². The van der Waals surface area contributed by atoms with Gasteiger partial charge in [-0.3, -0.25) is 5.01 Å². The Morgan fingerprint density at radius 2 is 2.00 bits per heavy atom. The van der Waals surface area contributed by atoms with Crippen LogP contribution in [0.25, 0.3) is 0 Å². The molecule has 0 saturated heterocycles. The molecular formula is C10H10N2O. The second-order valence-corrected chi connectivity index (χ2v) is 2.69. The Bertz CT molecular complexity index is 358. The number of benzene rings is 1. The molecule has 3 nitrogen and oxygen atoms in total. The monoisotopic (exact) mass is 174 g/mol. The molecule has 1 aromatic rings. The maximum atomic E-state index is 9.52. The molecule has 0 bridgehead atoms. The molecule has 1 aliphatic heterocycles. The van der Waals surface area contributed by atoms with Crippen molar-refractivity contribution >= 4 is 5.69 Å². The Morgan fingerprint density at radius 3 is 2.69 bits per heavy atom. The first-order valence-electron chi connectivity index (χ1n) is 4.05. The highest BCUT2D eigenvalue weighted by molar-refractivity contribution is 5.59. The molecule has 0 atom stereocenters. The molecular weight excluding hydrogens is 164 g/mol. The summed E-state index contributed by atoms with van der Waals surface area (Å²) in [5.41, 5.74) is 3.72. The fourth-order valence-corrected chi connectivity index (χ4v) is 1.18. The Kier molecular flexibility index (Phi) is 1.92. The van der Waals surface area contributed by atoms with Crippen LogP contribution in [-0.4, -0.2) is 5.11 Å². The van der Waals surface area contributed by atoms with Crippen LogP contribution in [0.4, 0.5) is 5.69 Å². The van der Waals surface area contributed by atoms with E-state index in [2.05, 4.69) is 5.43 Å². The maximum absolute atomic E-state index is 9.52. The van der Waals surface area contributed by atoms with Crippen molar-refractivity contribution in [2.24, 2.45) is 0 Å². The molecule has 3 heteroatoms. The number of hydrogen-bond donors (Lipinski definition) is 2. The normalized spacial score (nSPS) is 14.3. The lowest BCUT2D eigenvalue weighted by Crippen LogP contribution is -2.29. The van der Waals surface area contributed by atoms with Crippen molar-refractivity contribution in [1.82, 2.24) is 5.43 Å². The summed E-state index contributed by atoms with van der Waals surface area (Å²) < 4.78 is 0. The summed E-state index contributed by atoms with van der Waals surface area (Å²) in [5, 5.41) is 11.3. The molecule has 1 heterocycles. The summed E-state index contributed by atoms with van der Waals surface area (Å²) in [4.78, 5) is 0. The van der Waals surface area contributed by atoms with Gasteiger partial charge in [0.05, 0.1) is 0 Å². The summed E-state index contributed by atoms with van der Waals surface area (Å²) in [6.45, 7) is 0. The van der Waals surface area contributed by atoms with Gasteiger partial charge in [0.15, 0.2) is 0 Å². The SMILES string of the molecule is Oc1ccccc1N1C=CC=CN1. The van der Waals surface area contributed by atoms with E-state index in [4.69, 9.17) is 0 Å². The van der Waals surface area contributed by atoms with Gasteiger partial charge in [-0.25, -0.2) is 0 Å². The fraction of sp³-hybridized carbons (Fsp3) is 0. The molecule has 0 spiro atoms. The minimum atomic E-state index is 0.259. The van der Waals surface area contributed by atoms with Gasteiger partial charge in [0.1, 0.15) is 11.4 Å². The summed E-state index contributed by atoms with van der Waals surface area (Å²) in [6.07, 6.45) is 7.42. The van der Waals surface area contributed by atoms with Crippen molar-refractivity contribution in [2.45, 2.75) is 0 Å². The topological polar surface area (TPSA) is 35.5 Å². The van der Waals surface area contributed by atoms with Crippen LogP contribution >= 0.6 is 0 Å². The van der Waals surface area contributed by atoms with E-state index in [1.54, 1.807) is 23.3 Å². The molecule has 0 aromatic heterocycles. The standard InChI is InChI=1S/C10H10N2O/c13-10-6-2-1-5-9(10)12-8-4-3-7-11-12/h1-8,11,13H. The number of phenols is 1. The highest BCUT2D eigenvalue weighted by Crippen LogP contribution is 2.25. The molecule has 0 saturated carbocycles. The van der Waals surface area contributed by atoms with Crippen molar-refractivity contribution in [2.75, 3.05) is 5.01 Å². The van der Waals surface area contributed by atoms with E-state index in [1.165, 1.54) is 0 Å². The smallest absolute Gasteiger partial charge is 0.141 e. The van der Waals surface area contributed by atoms with Gasteiger partial charge in [-0.15, -0.1) is 0 Å². The maximum Gasteiger partial charge on any atom is 0.141 e. The largest absolute Gasteiger partial charge is 0.506 e. The van der Waals surface area contributed by atoms with Gasteiger partial charge in [0.25, 0.3) is 0 Å². The van der Waals surface area contributed by atoms with Crippen molar-refractivity contribution in [3.8, 4) is 5.75 Å². The van der Waals surface area contributed by atoms with Crippen LogP contribution in [0.5, 0.6) is 5.75 Å². The number of para-hydroxylation sites is 2. The molecule has 0 radical (unpaired) electrons. The summed E-state index contributed by atoms with van der Waals surface area (Å²) in [7, 11) is 0. The summed E-state index contributed by atoms with van der Waals surface area (Å²) in [6, 6.07) is 7.17. The zero-order valence-corrected chi connectivity index (χ0v) is 7.01. The number of allylic oxidation sites excluding steroid dienone is 2. The van der Waals surface area contributed by atoms with E-state index in [0.717, 1.165) is 5.69 Å². The quantitative estimate of drug-likeness (QED) is 0.680. The molecule has 0 aliphatic carbocycles. The van der Waals surface area contributed by atoms with E-state index in [-0.39, 0.29) is 5.75 Å². The van der Waals surface area contributed by atoms with Crippen LogP contribution < -0.4 is 10.4 Å². The summed E-state index contributed by atoms with van der Waals surface area (Å²) >= 11 is 0. The lowest BCUT2D eigenvalue weighted by Gasteiger charge is -2.22. The molecule has 1 aliphatic rings. The number of hydrazine groups is 1. The fourth-order valence-electron chi connectivity index (χ4n) is 1.18. The van der Waals surface area contributed by atoms with Gasteiger partial charge in [0.2, 0.25) is 0 Å². The highest BCUT2D eigenvalue weighted by atomic mass is 16.3. The lowest BCUT2D eigenvalue weighted by atomic mass is 10.3. The number of anilines is 1. The zero-order valence-electron chi connectivity index (χ0n) is 7.01. The lowest BCUT2D eigenvalue weighted by molar-refractivity contribution is 0.474. The van der Waals surface area contributed by atoms with Crippen LogP contribution in [0.2, 0.25) is 0 Å². The molecule has 0 fully saturated rings. The first-order valence-corrected chi connectivity index (χ1v) is 4.05. The van der Waals surface area contributed by atoms with Gasteiger partial charge in [-0.2, -0.15) is 0 Å². The Morgan fingerprint density at radius 1 is 1.15 bits per heavy atom. The van der Waals surface area contributed by atoms with Crippen LogP contribution in [-0.2, 0) is 0 Å². The number of nitrogens with one attached hydrogen (secondary N) is 1. The summed E-state index contributed by atoms with van der Waals surface area (Å²) in [5.74, 6) is 0.259. The van der Waals surface area contributed by atoms with E-state index in [1.807, 2.05) is 30.5 Å². The van der Waals surface area contributed by atoms with Crippen molar-refractivity contribution in [3.05, 3.63) is 48.8 Å². The van der Waals surface area contributed by atoms with Crippen molar-refractivity contribution in [3.63, 3.8) is 0 Å². The second-order valence-electron chi connectivity index (χ2n) is 2.69. The van der Waals surface area contributed by atoms with E-state index in [0.29, 0.717) is 0 Å². The van der Waals surface area contributed by atoms with Crippen LogP contribution in [0.3, 0.4) is 0 Å². The third kappa shape index (κ3) is 1.49. The van der Waals surface area contributed by atoms with Gasteiger partial charge >= 0.3 is 0 Å². The van der Waals surface area contributed by atoms with Crippen LogP contribution in [0.15, 0.2) is 48.8 Å².